The van der Waals surface area contributed by atoms with E-state index in [1.165, 1.54) is 121 Å². The molecule has 9 aromatic rings. The van der Waals surface area contributed by atoms with Crippen LogP contribution in [0.15, 0.2) is 212 Å². The predicted octanol–water partition coefficient (Wildman–Crippen LogP) is 16.6. The normalized spacial score (nSPS) is 22.4. The summed E-state index contributed by atoms with van der Waals surface area (Å²) in [5, 5.41) is 0. The Labute approximate surface area is 388 Å². The highest BCUT2D eigenvalue weighted by atomic mass is 15.1. The molecule has 4 bridgehead atoms. The summed E-state index contributed by atoms with van der Waals surface area (Å²) < 4.78 is 0. The van der Waals surface area contributed by atoms with E-state index in [-0.39, 0.29) is 5.41 Å². The Bertz CT molecular complexity index is 3350. The first-order valence-electron chi connectivity index (χ1n) is 24.4. The Morgan fingerprint density at radius 2 is 0.758 bits per heavy atom. The molecule has 0 unspecified atom stereocenters. The second kappa shape index (κ2) is 13.7. The van der Waals surface area contributed by atoms with Gasteiger partial charge in [0.15, 0.2) is 0 Å². The maximum atomic E-state index is 2.58. The molecule has 1 nitrogen and oxygen atoms in total. The van der Waals surface area contributed by atoms with Crippen molar-refractivity contribution in [2.45, 2.75) is 42.9 Å². The lowest BCUT2D eigenvalue weighted by Crippen LogP contribution is -2.55. The van der Waals surface area contributed by atoms with Crippen LogP contribution in [-0.2, 0) is 10.8 Å². The second-order valence-electron chi connectivity index (χ2n) is 20.3. The Kier molecular flexibility index (Phi) is 7.67. The number of nitrogens with zero attached hydrogens (tertiary/aromatic N) is 1. The molecule has 4 saturated carbocycles. The van der Waals surface area contributed by atoms with Crippen molar-refractivity contribution in [2.75, 3.05) is 4.90 Å². The molecule has 0 N–H and O–H groups in total. The molecule has 66 heavy (non-hydrogen) atoms. The minimum absolute atomic E-state index is 0.0419. The zero-order valence-corrected chi connectivity index (χ0v) is 37.0. The molecule has 0 amide bonds. The Hall–Kier alpha value is -7.22. The Balaban J connectivity index is 0.980. The van der Waals surface area contributed by atoms with Crippen LogP contribution in [0.4, 0.5) is 17.1 Å². The molecular weight excluding hydrogens is 795 g/mol. The van der Waals surface area contributed by atoms with Gasteiger partial charge in [0.2, 0.25) is 0 Å². The number of hydrogen-bond donors (Lipinski definition) is 0. The summed E-state index contributed by atoms with van der Waals surface area (Å²) in [4.78, 5) is 2.58. The van der Waals surface area contributed by atoms with Gasteiger partial charge in [-0.15, -0.1) is 0 Å². The lowest BCUT2D eigenvalue weighted by Gasteiger charge is -2.61. The van der Waals surface area contributed by atoms with E-state index in [1.54, 1.807) is 11.1 Å². The molecule has 0 atom stereocenters. The molecule has 2 spiro atoms. The van der Waals surface area contributed by atoms with Gasteiger partial charge in [0.25, 0.3) is 0 Å². The number of hydrogen-bond acceptors (Lipinski definition) is 1. The number of fused-ring (bicyclic) bond motifs is 13. The molecule has 0 radical (unpaired) electrons. The van der Waals surface area contributed by atoms with Gasteiger partial charge in [0, 0.05) is 22.4 Å². The topological polar surface area (TPSA) is 3.24 Å². The number of anilines is 3. The van der Waals surface area contributed by atoms with Crippen LogP contribution in [0.1, 0.15) is 65.5 Å². The average molecular weight is 844 g/mol. The van der Waals surface area contributed by atoms with Crippen LogP contribution in [0, 0.1) is 23.7 Å². The smallest absolute Gasteiger partial charge is 0.0726 e. The van der Waals surface area contributed by atoms with Crippen LogP contribution in [0.5, 0.6) is 0 Å². The number of benzene rings is 9. The molecular formula is C65H49N. The molecule has 0 heterocycles. The van der Waals surface area contributed by atoms with E-state index in [0.717, 1.165) is 17.5 Å². The largest absolute Gasteiger partial charge is 0.310 e. The fourth-order valence-corrected chi connectivity index (χ4v) is 15.4. The van der Waals surface area contributed by atoms with Gasteiger partial charge in [0.05, 0.1) is 11.1 Å². The van der Waals surface area contributed by atoms with Gasteiger partial charge in [-0.25, -0.2) is 0 Å². The summed E-state index contributed by atoms with van der Waals surface area (Å²) in [6, 6.07) is 81.2. The van der Waals surface area contributed by atoms with Crippen molar-refractivity contribution < 1.29 is 0 Å². The molecule has 314 valence electrons. The van der Waals surface area contributed by atoms with E-state index in [1.807, 2.05) is 0 Å². The SMILES string of the molecule is c1ccc(-c2ccc(N(c3ccc4c(c3)C3(c5ccccc5-c5ccccc53)c3ccccc3-4)c3ccccc3-c3cccc4c3C3(c5ccccc5-4)C4CC5CC(C4)CC3C5)cc2)cc1. The lowest BCUT2D eigenvalue weighted by atomic mass is 9.42. The first-order chi connectivity index (χ1) is 32.7. The van der Waals surface area contributed by atoms with Crippen LogP contribution < -0.4 is 4.90 Å². The highest BCUT2D eigenvalue weighted by Crippen LogP contribution is 2.71. The van der Waals surface area contributed by atoms with E-state index in [9.17, 15) is 0 Å². The Morgan fingerprint density at radius 1 is 0.318 bits per heavy atom. The summed E-state index contributed by atoms with van der Waals surface area (Å²) in [7, 11) is 0. The molecule has 4 fully saturated rings. The van der Waals surface area contributed by atoms with Crippen LogP contribution in [-0.4, -0.2) is 0 Å². The maximum Gasteiger partial charge on any atom is 0.0726 e. The van der Waals surface area contributed by atoms with Crippen molar-refractivity contribution >= 4 is 17.1 Å². The van der Waals surface area contributed by atoms with Crippen LogP contribution in [0.2, 0.25) is 0 Å². The first-order valence-corrected chi connectivity index (χ1v) is 24.4. The van der Waals surface area contributed by atoms with Gasteiger partial charge in [-0.2, -0.15) is 0 Å². The van der Waals surface area contributed by atoms with Crippen molar-refractivity contribution in [3.63, 3.8) is 0 Å². The highest BCUT2D eigenvalue weighted by Gasteiger charge is 2.62. The third-order valence-corrected chi connectivity index (χ3v) is 17.5. The second-order valence-corrected chi connectivity index (χ2v) is 20.3. The highest BCUT2D eigenvalue weighted by molar-refractivity contribution is 5.99. The summed E-state index contributed by atoms with van der Waals surface area (Å²) in [5.74, 6) is 3.13. The summed E-state index contributed by atoms with van der Waals surface area (Å²) in [6.45, 7) is 0. The molecule has 0 saturated heterocycles. The summed E-state index contributed by atoms with van der Waals surface area (Å²) in [5.41, 5.74) is 25.2. The first kappa shape index (κ1) is 37.0. The van der Waals surface area contributed by atoms with E-state index in [2.05, 4.69) is 217 Å². The standard InChI is InChI=1S/C65H49N/c1-2-15-43(16-3-1)44-29-31-47(32-30-44)66(48-33-34-53-51-19-6-12-27-60(51)65(61(53)40-48)58-25-10-4-17-49(58)50-18-5-11-26-59(50)65)62-28-13-8-21-54(62)56-23-14-22-55-52-20-7-9-24-57(52)64(63(55)56)45-36-41-35-42(38-45)39-46(64)37-41/h1-34,40-42,45-46H,35-39H2. The quantitative estimate of drug-likeness (QED) is 0.167. The van der Waals surface area contributed by atoms with Crippen molar-refractivity contribution in [1.82, 2.24) is 0 Å². The lowest BCUT2D eigenvalue weighted by molar-refractivity contribution is -0.0397. The minimum Gasteiger partial charge on any atom is -0.310 e. The van der Waals surface area contributed by atoms with E-state index >= 15 is 0 Å². The van der Waals surface area contributed by atoms with E-state index in [0.29, 0.717) is 11.8 Å². The van der Waals surface area contributed by atoms with Gasteiger partial charge in [0.1, 0.15) is 0 Å². The predicted molar refractivity (Wildman–Crippen MR) is 272 cm³/mol. The van der Waals surface area contributed by atoms with Crippen LogP contribution in [0.3, 0.4) is 0 Å². The van der Waals surface area contributed by atoms with Gasteiger partial charge in [-0.3, -0.25) is 0 Å². The van der Waals surface area contributed by atoms with E-state index < -0.39 is 5.41 Å². The molecule has 0 aromatic heterocycles. The Morgan fingerprint density at radius 3 is 1.36 bits per heavy atom. The van der Waals surface area contributed by atoms with Crippen molar-refractivity contribution in [3.05, 3.63) is 246 Å². The minimum atomic E-state index is -0.435. The maximum absolute atomic E-state index is 2.58. The molecule has 0 aliphatic heterocycles. The molecule has 16 rings (SSSR count). The van der Waals surface area contributed by atoms with E-state index in [4.69, 9.17) is 0 Å². The van der Waals surface area contributed by atoms with Gasteiger partial charge < -0.3 is 4.90 Å². The average Bonchev–Trinajstić information content (AvgIpc) is 3.96. The zero-order valence-electron chi connectivity index (χ0n) is 37.0. The number of para-hydroxylation sites is 1. The molecule has 9 aromatic carbocycles. The number of rotatable bonds is 5. The summed E-state index contributed by atoms with van der Waals surface area (Å²) in [6.07, 6.45) is 6.90. The molecule has 1 heteroatoms. The third-order valence-electron chi connectivity index (χ3n) is 17.5. The monoisotopic (exact) mass is 843 g/mol. The molecule has 7 aliphatic rings. The third kappa shape index (κ3) is 4.75. The van der Waals surface area contributed by atoms with Gasteiger partial charge >= 0.3 is 0 Å². The van der Waals surface area contributed by atoms with Gasteiger partial charge in [-0.05, 0) is 170 Å². The van der Waals surface area contributed by atoms with Crippen molar-refractivity contribution in [3.8, 4) is 55.6 Å². The fraction of sp³-hybridized carbons (Fsp3) is 0.169. The van der Waals surface area contributed by atoms with Crippen molar-refractivity contribution in [2.24, 2.45) is 23.7 Å². The summed E-state index contributed by atoms with van der Waals surface area (Å²) >= 11 is 0. The fourth-order valence-electron chi connectivity index (χ4n) is 15.4. The van der Waals surface area contributed by atoms with Crippen LogP contribution >= 0.6 is 0 Å². The zero-order chi connectivity index (χ0) is 43.1. The van der Waals surface area contributed by atoms with Gasteiger partial charge in [-0.1, -0.05) is 182 Å². The van der Waals surface area contributed by atoms with Crippen molar-refractivity contribution in [1.29, 1.82) is 0 Å². The molecule has 7 aliphatic carbocycles. The van der Waals surface area contributed by atoms with Crippen LogP contribution in [0.25, 0.3) is 55.6 Å².